The van der Waals surface area contributed by atoms with E-state index in [1.165, 1.54) is 6.07 Å². The molecular formula is C15H16N2O4. The molecule has 0 aliphatic carbocycles. The minimum absolute atomic E-state index is 0.113. The van der Waals surface area contributed by atoms with Crippen LogP contribution in [0.4, 0.5) is 0 Å². The van der Waals surface area contributed by atoms with Crippen LogP contribution in [0.3, 0.4) is 0 Å². The van der Waals surface area contributed by atoms with Crippen LogP contribution in [0.2, 0.25) is 0 Å². The van der Waals surface area contributed by atoms with E-state index in [4.69, 9.17) is 9.52 Å². The highest BCUT2D eigenvalue weighted by Crippen LogP contribution is 2.14. The van der Waals surface area contributed by atoms with E-state index in [1.54, 1.807) is 13.1 Å². The first-order chi connectivity index (χ1) is 9.95. The molecule has 0 bridgehead atoms. The third-order valence-electron chi connectivity index (χ3n) is 3.00. The highest BCUT2D eigenvalue weighted by Gasteiger charge is 2.14. The second-order valence-corrected chi connectivity index (χ2v) is 4.75. The van der Waals surface area contributed by atoms with Gasteiger partial charge in [-0.25, -0.2) is 4.79 Å². The normalized spacial score (nSPS) is 10.4. The Kier molecular flexibility index (Phi) is 4.37. The van der Waals surface area contributed by atoms with E-state index < -0.39 is 5.97 Å². The molecule has 6 heteroatoms. The minimum Gasteiger partial charge on any atom is -0.478 e. The molecule has 0 unspecified atom stereocenters. The average molecular weight is 288 g/mol. The summed E-state index contributed by atoms with van der Waals surface area (Å²) >= 11 is 0. The minimum atomic E-state index is -1.04. The Labute approximate surface area is 121 Å². The number of nitrogens with zero attached hydrogens (tertiary/aromatic N) is 1. The number of aromatic carboxylic acids is 1. The van der Waals surface area contributed by atoms with Crippen molar-refractivity contribution in [3.05, 3.63) is 52.7 Å². The Morgan fingerprint density at radius 3 is 2.67 bits per heavy atom. The van der Waals surface area contributed by atoms with Crippen LogP contribution in [0.1, 0.15) is 33.1 Å². The fourth-order valence-electron chi connectivity index (χ4n) is 1.88. The number of aromatic nitrogens is 1. The van der Waals surface area contributed by atoms with Crippen LogP contribution in [-0.4, -0.2) is 22.0 Å². The van der Waals surface area contributed by atoms with Crippen LogP contribution in [0.5, 0.6) is 0 Å². The number of carboxylic acids is 1. The quantitative estimate of drug-likeness (QED) is 0.876. The van der Waals surface area contributed by atoms with Gasteiger partial charge in [0.15, 0.2) is 0 Å². The van der Waals surface area contributed by atoms with Crippen LogP contribution in [0.25, 0.3) is 0 Å². The smallest absolute Gasteiger partial charge is 0.339 e. The summed E-state index contributed by atoms with van der Waals surface area (Å²) in [5, 5.41) is 11.6. The molecule has 0 saturated carbocycles. The standard InChI is InChI=1S/C15H16N2O4/c1-9-3-4-11(7-16-9)5-14(18)17-8-12-6-13(15(19)20)10(2)21-12/h3-4,6-7H,5,8H2,1-2H3,(H,17,18)(H,19,20). The van der Waals surface area contributed by atoms with Crippen molar-refractivity contribution in [2.45, 2.75) is 26.8 Å². The van der Waals surface area contributed by atoms with Crippen molar-refractivity contribution in [3.8, 4) is 0 Å². The summed E-state index contributed by atoms with van der Waals surface area (Å²) in [5.41, 5.74) is 1.83. The molecule has 0 radical (unpaired) electrons. The van der Waals surface area contributed by atoms with Gasteiger partial charge in [0.05, 0.1) is 13.0 Å². The lowest BCUT2D eigenvalue weighted by atomic mass is 10.2. The lowest BCUT2D eigenvalue weighted by Crippen LogP contribution is -2.24. The first-order valence-corrected chi connectivity index (χ1v) is 6.46. The number of aryl methyl sites for hydroxylation is 2. The average Bonchev–Trinajstić information content (AvgIpc) is 2.81. The topological polar surface area (TPSA) is 92.4 Å². The van der Waals surface area contributed by atoms with E-state index in [9.17, 15) is 9.59 Å². The molecule has 110 valence electrons. The van der Waals surface area contributed by atoms with Gasteiger partial charge in [-0.2, -0.15) is 0 Å². The zero-order valence-corrected chi connectivity index (χ0v) is 11.8. The molecule has 2 aromatic rings. The number of carbonyl (C=O) groups is 2. The molecule has 21 heavy (non-hydrogen) atoms. The predicted octanol–water partition coefficient (Wildman–Crippen LogP) is 1.85. The van der Waals surface area contributed by atoms with Crippen LogP contribution in [-0.2, 0) is 17.8 Å². The highest BCUT2D eigenvalue weighted by molar-refractivity contribution is 5.88. The Morgan fingerprint density at radius 1 is 1.33 bits per heavy atom. The van der Waals surface area contributed by atoms with Gasteiger partial charge in [-0.05, 0) is 31.5 Å². The predicted molar refractivity (Wildman–Crippen MR) is 74.9 cm³/mol. The maximum Gasteiger partial charge on any atom is 0.339 e. The fraction of sp³-hybridized carbons (Fsp3) is 0.267. The molecule has 0 aliphatic heterocycles. The summed E-state index contributed by atoms with van der Waals surface area (Å²) in [4.78, 5) is 26.8. The number of furan rings is 1. The molecule has 0 aliphatic rings. The monoisotopic (exact) mass is 288 g/mol. The van der Waals surface area contributed by atoms with E-state index in [2.05, 4.69) is 10.3 Å². The second-order valence-electron chi connectivity index (χ2n) is 4.75. The summed E-state index contributed by atoms with van der Waals surface area (Å²) in [6, 6.07) is 5.12. The molecule has 0 saturated heterocycles. The zero-order valence-electron chi connectivity index (χ0n) is 11.8. The molecule has 0 fully saturated rings. The number of pyridine rings is 1. The van der Waals surface area contributed by atoms with Crippen molar-refractivity contribution < 1.29 is 19.1 Å². The molecule has 0 atom stereocenters. The first kappa shape index (κ1) is 14.8. The summed E-state index contributed by atoms with van der Waals surface area (Å²) in [5.74, 6) is -0.471. The molecule has 2 rings (SSSR count). The van der Waals surface area contributed by atoms with Gasteiger partial charge in [0.25, 0.3) is 0 Å². The van der Waals surface area contributed by atoms with Crippen molar-refractivity contribution in [1.82, 2.24) is 10.3 Å². The van der Waals surface area contributed by atoms with Crippen LogP contribution in [0.15, 0.2) is 28.8 Å². The summed E-state index contributed by atoms with van der Waals surface area (Å²) < 4.78 is 5.28. The Balaban J connectivity index is 1.90. The van der Waals surface area contributed by atoms with Gasteiger partial charge in [-0.1, -0.05) is 6.07 Å². The number of nitrogens with one attached hydrogen (secondary N) is 1. The Bertz CT molecular complexity index is 659. The lowest BCUT2D eigenvalue weighted by Gasteiger charge is -2.03. The Hall–Kier alpha value is -2.63. The number of rotatable bonds is 5. The fourth-order valence-corrected chi connectivity index (χ4v) is 1.88. The van der Waals surface area contributed by atoms with Gasteiger partial charge < -0.3 is 14.8 Å². The van der Waals surface area contributed by atoms with Crippen molar-refractivity contribution >= 4 is 11.9 Å². The molecule has 2 heterocycles. The highest BCUT2D eigenvalue weighted by atomic mass is 16.4. The maximum atomic E-state index is 11.8. The summed E-state index contributed by atoms with van der Waals surface area (Å²) in [7, 11) is 0. The zero-order chi connectivity index (χ0) is 15.4. The van der Waals surface area contributed by atoms with Crippen molar-refractivity contribution in [2.75, 3.05) is 0 Å². The third kappa shape index (κ3) is 3.92. The molecule has 0 aromatic carbocycles. The number of amides is 1. The number of hydrogen-bond donors (Lipinski definition) is 2. The maximum absolute atomic E-state index is 11.8. The third-order valence-corrected chi connectivity index (χ3v) is 3.00. The number of carbonyl (C=O) groups excluding carboxylic acids is 1. The van der Waals surface area contributed by atoms with Crippen LogP contribution >= 0.6 is 0 Å². The van der Waals surface area contributed by atoms with Gasteiger partial charge >= 0.3 is 5.97 Å². The molecule has 2 aromatic heterocycles. The van der Waals surface area contributed by atoms with Gasteiger partial charge in [-0.15, -0.1) is 0 Å². The van der Waals surface area contributed by atoms with Gasteiger partial charge in [-0.3, -0.25) is 9.78 Å². The lowest BCUT2D eigenvalue weighted by molar-refractivity contribution is -0.120. The largest absolute Gasteiger partial charge is 0.478 e. The van der Waals surface area contributed by atoms with E-state index in [1.807, 2.05) is 19.1 Å². The summed E-state index contributed by atoms with van der Waals surface area (Å²) in [6.45, 7) is 3.61. The Morgan fingerprint density at radius 2 is 2.10 bits per heavy atom. The van der Waals surface area contributed by atoms with Gasteiger partial charge in [0.1, 0.15) is 17.1 Å². The van der Waals surface area contributed by atoms with E-state index in [0.717, 1.165) is 11.3 Å². The van der Waals surface area contributed by atoms with E-state index in [0.29, 0.717) is 11.5 Å². The van der Waals surface area contributed by atoms with E-state index >= 15 is 0 Å². The number of hydrogen-bond acceptors (Lipinski definition) is 4. The molecular weight excluding hydrogens is 272 g/mol. The molecule has 0 spiro atoms. The molecule has 2 N–H and O–H groups in total. The van der Waals surface area contributed by atoms with Gasteiger partial charge in [0.2, 0.25) is 5.91 Å². The second kappa shape index (κ2) is 6.21. The van der Waals surface area contributed by atoms with Crippen molar-refractivity contribution in [1.29, 1.82) is 0 Å². The summed E-state index contributed by atoms with van der Waals surface area (Å²) in [6.07, 6.45) is 1.88. The van der Waals surface area contributed by atoms with Crippen molar-refractivity contribution in [3.63, 3.8) is 0 Å². The van der Waals surface area contributed by atoms with Gasteiger partial charge in [0, 0.05) is 11.9 Å². The van der Waals surface area contributed by atoms with E-state index in [-0.39, 0.29) is 24.4 Å². The van der Waals surface area contributed by atoms with Crippen LogP contribution < -0.4 is 5.32 Å². The SMILES string of the molecule is Cc1ccc(CC(=O)NCc2cc(C(=O)O)c(C)o2)cn1. The van der Waals surface area contributed by atoms with Crippen molar-refractivity contribution in [2.24, 2.45) is 0 Å². The number of carboxylic acid groups (broad SMARTS) is 1. The first-order valence-electron chi connectivity index (χ1n) is 6.46. The molecule has 1 amide bonds. The molecule has 6 nitrogen and oxygen atoms in total. The van der Waals surface area contributed by atoms with Crippen LogP contribution in [0, 0.1) is 13.8 Å².